The summed E-state index contributed by atoms with van der Waals surface area (Å²) in [6.45, 7) is 3.45. The molecule has 2 nitrogen and oxygen atoms in total. The molecule has 1 heterocycles. The Bertz CT molecular complexity index is 201. The molecular weight excluding hydrogens is 172 g/mol. The molecule has 2 unspecified atom stereocenters. The van der Waals surface area contributed by atoms with E-state index in [9.17, 15) is 9.59 Å². The Morgan fingerprint density at radius 3 is 2.42 bits per heavy atom. The summed E-state index contributed by atoms with van der Waals surface area (Å²) in [6.07, 6.45) is 0.564. The van der Waals surface area contributed by atoms with Gasteiger partial charge in [-0.25, -0.2) is 0 Å². The number of carbonyl (C=O) groups excluding carboxylic acids is 2. The van der Waals surface area contributed by atoms with Crippen molar-refractivity contribution in [2.24, 2.45) is 11.8 Å². The van der Waals surface area contributed by atoms with Crippen LogP contribution < -0.4 is 0 Å². The number of Topliss-reactive ketones (excluding diaryl/α,β-unsaturated/α-hetero) is 2. The molecule has 1 saturated heterocycles. The largest absolute Gasteiger partial charge is 0.300 e. The number of thioether (sulfide) groups is 1. The van der Waals surface area contributed by atoms with E-state index in [1.165, 1.54) is 0 Å². The maximum absolute atomic E-state index is 11.4. The molecule has 1 rings (SSSR count). The van der Waals surface area contributed by atoms with Gasteiger partial charge in [0.05, 0.1) is 0 Å². The second-order valence-electron chi connectivity index (χ2n) is 3.18. The highest BCUT2D eigenvalue weighted by Gasteiger charge is 2.34. The van der Waals surface area contributed by atoms with Crippen LogP contribution in [0.2, 0.25) is 0 Å². The van der Waals surface area contributed by atoms with Crippen molar-refractivity contribution in [3.63, 3.8) is 0 Å². The molecule has 68 valence electrons. The summed E-state index contributed by atoms with van der Waals surface area (Å²) in [6, 6.07) is 0. The van der Waals surface area contributed by atoms with Gasteiger partial charge in [0.1, 0.15) is 11.6 Å². The molecule has 0 bridgehead atoms. The molecule has 0 radical (unpaired) electrons. The van der Waals surface area contributed by atoms with Crippen LogP contribution in [0, 0.1) is 11.8 Å². The summed E-state index contributed by atoms with van der Waals surface area (Å²) in [7, 11) is 0. The molecule has 0 spiro atoms. The molecule has 1 fully saturated rings. The van der Waals surface area contributed by atoms with Crippen LogP contribution in [-0.2, 0) is 9.59 Å². The SMILES string of the molecule is CCC(=O)C1CSCC1C(C)=O. The lowest BCUT2D eigenvalue weighted by Gasteiger charge is -2.12. The van der Waals surface area contributed by atoms with Gasteiger partial charge < -0.3 is 0 Å². The summed E-state index contributed by atoms with van der Waals surface area (Å²) < 4.78 is 0. The molecule has 12 heavy (non-hydrogen) atoms. The van der Waals surface area contributed by atoms with Crippen LogP contribution in [0.5, 0.6) is 0 Å². The van der Waals surface area contributed by atoms with E-state index in [2.05, 4.69) is 0 Å². The number of hydrogen-bond acceptors (Lipinski definition) is 3. The highest BCUT2D eigenvalue weighted by atomic mass is 32.2. The van der Waals surface area contributed by atoms with E-state index in [4.69, 9.17) is 0 Å². The van der Waals surface area contributed by atoms with Crippen LogP contribution in [-0.4, -0.2) is 23.1 Å². The Morgan fingerprint density at radius 1 is 1.33 bits per heavy atom. The predicted molar refractivity (Wildman–Crippen MR) is 50.3 cm³/mol. The van der Waals surface area contributed by atoms with Crippen molar-refractivity contribution >= 4 is 23.3 Å². The first-order valence-electron chi connectivity index (χ1n) is 4.27. The zero-order valence-electron chi connectivity index (χ0n) is 7.50. The van der Waals surface area contributed by atoms with Gasteiger partial charge in [-0.15, -0.1) is 0 Å². The minimum Gasteiger partial charge on any atom is -0.300 e. The molecule has 1 aliphatic heterocycles. The third-order valence-corrected chi connectivity index (χ3v) is 3.55. The third-order valence-electron chi connectivity index (χ3n) is 2.36. The van der Waals surface area contributed by atoms with E-state index in [1.807, 2.05) is 6.92 Å². The van der Waals surface area contributed by atoms with Crippen molar-refractivity contribution < 1.29 is 9.59 Å². The predicted octanol–water partition coefficient (Wildman–Crippen LogP) is 1.53. The molecule has 0 aromatic rings. The van der Waals surface area contributed by atoms with Gasteiger partial charge in [0.15, 0.2) is 0 Å². The Morgan fingerprint density at radius 2 is 1.92 bits per heavy atom. The third kappa shape index (κ3) is 1.89. The fourth-order valence-corrected chi connectivity index (χ4v) is 3.06. The second-order valence-corrected chi connectivity index (χ2v) is 4.26. The van der Waals surface area contributed by atoms with E-state index >= 15 is 0 Å². The van der Waals surface area contributed by atoms with E-state index < -0.39 is 0 Å². The topological polar surface area (TPSA) is 34.1 Å². The molecule has 0 aliphatic carbocycles. The number of rotatable bonds is 3. The molecule has 2 atom stereocenters. The zero-order valence-corrected chi connectivity index (χ0v) is 8.32. The fourth-order valence-electron chi connectivity index (χ4n) is 1.53. The molecule has 0 amide bonds. The Balaban J connectivity index is 2.63. The van der Waals surface area contributed by atoms with E-state index in [0.717, 1.165) is 11.5 Å². The van der Waals surface area contributed by atoms with Crippen LogP contribution in [0.15, 0.2) is 0 Å². The molecule has 0 aromatic heterocycles. The minimum absolute atomic E-state index is 0.00227. The van der Waals surface area contributed by atoms with Crippen LogP contribution in [0.25, 0.3) is 0 Å². The van der Waals surface area contributed by atoms with Crippen molar-refractivity contribution in [1.82, 2.24) is 0 Å². The standard InChI is InChI=1S/C9H14O2S/c1-3-9(11)8-5-12-4-7(8)6(2)10/h7-8H,3-5H2,1-2H3. The molecular formula is C9H14O2S. The maximum atomic E-state index is 11.4. The Kier molecular flexibility index (Phi) is 3.32. The number of hydrogen-bond donors (Lipinski definition) is 0. The smallest absolute Gasteiger partial charge is 0.137 e. The summed E-state index contributed by atoms with van der Waals surface area (Å²) in [5, 5.41) is 0. The van der Waals surface area contributed by atoms with Crippen molar-refractivity contribution in [3.05, 3.63) is 0 Å². The monoisotopic (exact) mass is 186 g/mol. The van der Waals surface area contributed by atoms with Crippen molar-refractivity contribution in [2.75, 3.05) is 11.5 Å². The van der Waals surface area contributed by atoms with Crippen molar-refractivity contribution in [3.8, 4) is 0 Å². The zero-order chi connectivity index (χ0) is 9.14. The quantitative estimate of drug-likeness (QED) is 0.670. The summed E-state index contributed by atoms with van der Waals surface area (Å²) in [4.78, 5) is 22.5. The summed E-state index contributed by atoms with van der Waals surface area (Å²) >= 11 is 1.72. The molecule has 0 aromatic carbocycles. The number of ketones is 2. The van der Waals surface area contributed by atoms with Crippen molar-refractivity contribution in [2.45, 2.75) is 20.3 Å². The van der Waals surface area contributed by atoms with Gasteiger partial charge in [-0.3, -0.25) is 9.59 Å². The average Bonchev–Trinajstić information content (AvgIpc) is 2.50. The Labute approximate surface area is 77.1 Å². The minimum atomic E-state index is 0.00227. The van der Waals surface area contributed by atoms with Gasteiger partial charge in [-0.1, -0.05) is 6.92 Å². The second kappa shape index (κ2) is 4.08. The first kappa shape index (κ1) is 9.78. The first-order valence-corrected chi connectivity index (χ1v) is 5.43. The van der Waals surface area contributed by atoms with Gasteiger partial charge in [0.2, 0.25) is 0 Å². The highest BCUT2D eigenvalue weighted by molar-refractivity contribution is 7.99. The normalized spacial score (nSPS) is 28.8. The van der Waals surface area contributed by atoms with E-state index in [0.29, 0.717) is 6.42 Å². The van der Waals surface area contributed by atoms with Crippen LogP contribution >= 0.6 is 11.8 Å². The lowest BCUT2D eigenvalue weighted by Crippen LogP contribution is -2.26. The van der Waals surface area contributed by atoms with Gasteiger partial charge in [0.25, 0.3) is 0 Å². The first-order chi connectivity index (χ1) is 5.66. The van der Waals surface area contributed by atoms with E-state index in [-0.39, 0.29) is 23.4 Å². The van der Waals surface area contributed by atoms with Gasteiger partial charge in [-0.2, -0.15) is 11.8 Å². The van der Waals surface area contributed by atoms with Crippen LogP contribution in [0.3, 0.4) is 0 Å². The van der Waals surface area contributed by atoms with Gasteiger partial charge in [-0.05, 0) is 6.92 Å². The summed E-state index contributed by atoms with van der Waals surface area (Å²) in [5.74, 6) is 2.12. The lowest BCUT2D eigenvalue weighted by atomic mass is 9.88. The van der Waals surface area contributed by atoms with Crippen molar-refractivity contribution in [1.29, 1.82) is 0 Å². The molecule has 1 aliphatic rings. The van der Waals surface area contributed by atoms with Crippen LogP contribution in [0.4, 0.5) is 0 Å². The fraction of sp³-hybridized carbons (Fsp3) is 0.778. The molecule has 0 saturated carbocycles. The average molecular weight is 186 g/mol. The highest BCUT2D eigenvalue weighted by Crippen LogP contribution is 2.31. The molecule has 0 N–H and O–H groups in total. The number of carbonyl (C=O) groups is 2. The summed E-state index contributed by atoms with van der Waals surface area (Å²) in [5.41, 5.74) is 0. The van der Waals surface area contributed by atoms with E-state index in [1.54, 1.807) is 18.7 Å². The van der Waals surface area contributed by atoms with Gasteiger partial charge >= 0.3 is 0 Å². The van der Waals surface area contributed by atoms with Gasteiger partial charge in [0, 0.05) is 29.8 Å². The van der Waals surface area contributed by atoms with Crippen LogP contribution in [0.1, 0.15) is 20.3 Å². The lowest BCUT2D eigenvalue weighted by molar-refractivity contribution is -0.129. The maximum Gasteiger partial charge on any atom is 0.137 e. The Hall–Kier alpha value is -0.310. The molecule has 3 heteroatoms.